The summed E-state index contributed by atoms with van der Waals surface area (Å²) in [4.78, 5) is 18.3. The number of aromatic amines is 1. The molecule has 3 aromatic rings. The number of imidazole rings is 1. The smallest absolute Gasteiger partial charge is 0.155 e. The number of aryl methyl sites for hydroxylation is 5. The standard InChI is InChI=1S/C13H15FO.C9H12O.C9H14.C6H10N2.C4H10.2C2H6/c1-8-7-12(5-6-13(8)14)10(3)9(2)11(4)15;1-3-8-5-4-7(2)9(10)6-8;1-8(2)6-5-7-9(3)4;1-3-6-5(2)7-4-8-6;1-3-4-2;2*1-2/h5-7H,1-4H3;4-6,10H,3H2,1-2H3;5-7H,1H2,2-4H3;4H,3H2,1-2H3,(H,7,8);3-4H2,1-2H3;2*1-2H3/b10-9-;;6-5-;;;;. The van der Waals surface area contributed by atoms with Crippen LogP contribution in [0, 0.1) is 26.6 Å². The Morgan fingerprint density at radius 3 is 1.74 bits per heavy atom. The molecule has 0 spiro atoms. The summed E-state index contributed by atoms with van der Waals surface area (Å²) in [6.45, 7) is 37.2. The molecule has 0 atom stereocenters. The van der Waals surface area contributed by atoms with Crippen LogP contribution in [0.25, 0.3) is 5.57 Å². The van der Waals surface area contributed by atoms with Gasteiger partial charge >= 0.3 is 0 Å². The molecule has 1 heterocycles. The van der Waals surface area contributed by atoms with E-state index < -0.39 is 0 Å². The van der Waals surface area contributed by atoms with Crippen LogP contribution < -0.4 is 0 Å². The lowest BCUT2D eigenvalue weighted by Gasteiger charge is -2.06. The molecular weight excluding hydrogens is 620 g/mol. The molecule has 0 unspecified atom stereocenters. The van der Waals surface area contributed by atoms with E-state index in [0.717, 1.165) is 40.7 Å². The molecule has 0 aliphatic rings. The fraction of sp³-hybridized carbons (Fsp3) is 0.467. The number of aromatic hydroxyl groups is 1. The quantitative estimate of drug-likeness (QED) is 0.191. The van der Waals surface area contributed by atoms with E-state index in [2.05, 4.69) is 64.2 Å². The topological polar surface area (TPSA) is 66.0 Å². The van der Waals surface area contributed by atoms with Crippen molar-refractivity contribution in [3.8, 4) is 5.75 Å². The van der Waals surface area contributed by atoms with Gasteiger partial charge in [-0.2, -0.15) is 0 Å². The molecule has 4 nitrogen and oxygen atoms in total. The molecule has 0 saturated carbocycles. The number of nitrogens with zero attached hydrogens (tertiary/aromatic N) is 1. The van der Waals surface area contributed by atoms with Crippen molar-refractivity contribution in [3.05, 3.63) is 124 Å². The molecule has 3 rings (SSSR count). The zero-order valence-corrected chi connectivity index (χ0v) is 35.0. The molecule has 2 N–H and O–H groups in total. The Bertz CT molecular complexity index is 1420. The number of rotatable bonds is 7. The number of halogens is 1. The minimum atomic E-state index is -0.216. The molecule has 0 radical (unpaired) electrons. The number of H-pyrrole nitrogens is 1. The van der Waals surface area contributed by atoms with Crippen LogP contribution in [0.5, 0.6) is 5.75 Å². The van der Waals surface area contributed by atoms with Gasteiger partial charge in [-0.25, -0.2) is 9.37 Å². The highest BCUT2D eigenvalue weighted by atomic mass is 19.1. The minimum Gasteiger partial charge on any atom is -0.508 e. The Hall–Kier alpha value is -3.99. The average Bonchev–Trinajstić information content (AvgIpc) is 3.53. The number of nitrogens with one attached hydrogen (secondary N) is 1. The van der Waals surface area contributed by atoms with Crippen LogP contribution in [-0.2, 0) is 17.6 Å². The van der Waals surface area contributed by atoms with Gasteiger partial charge in [-0.1, -0.05) is 122 Å². The van der Waals surface area contributed by atoms with E-state index in [1.54, 1.807) is 32.3 Å². The highest BCUT2D eigenvalue weighted by molar-refractivity contribution is 6.00. The van der Waals surface area contributed by atoms with Gasteiger partial charge in [-0.3, -0.25) is 4.79 Å². The van der Waals surface area contributed by atoms with Gasteiger partial charge in [0.05, 0.1) is 12.0 Å². The number of allylic oxidation sites excluding steroid dienone is 7. The number of unbranched alkanes of at least 4 members (excludes halogenated alkanes) is 1. The van der Waals surface area contributed by atoms with Crippen molar-refractivity contribution >= 4 is 11.4 Å². The number of benzene rings is 2. The fourth-order valence-corrected chi connectivity index (χ4v) is 3.38. The summed E-state index contributed by atoms with van der Waals surface area (Å²) in [6, 6.07) is 10.7. The molecule has 0 aliphatic carbocycles. The summed E-state index contributed by atoms with van der Waals surface area (Å²) in [6.07, 6.45) is 12.4. The van der Waals surface area contributed by atoms with Gasteiger partial charge in [-0.15, -0.1) is 0 Å². The number of phenolic OH excluding ortho intramolecular Hbond substituents is 1. The first-order valence-corrected chi connectivity index (χ1v) is 18.2. The van der Waals surface area contributed by atoms with Crippen molar-refractivity contribution in [3.63, 3.8) is 0 Å². The molecule has 282 valence electrons. The molecule has 1 aromatic heterocycles. The molecule has 0 fully saturated rings. The highest BCUT2D eigenvalue weighted by Crippen LogP contribution is 2.21. The largest absolute Gasteiger partial charge is 0.508 e. The molecule has 0 amide bonds. The van der Waals surface area contributed by atoms with Crippen LogP contribution >= 0.6 is 0 Å². The number of carbonyl (C=O) groups is 1. The Morgan fingerprint density at radius 1 is 0.840 bits per heavy atom. The number of hydrogen-bond acceptors (Lipinski definition) is 3. The van der Waals surface area contributed by atoms with Crippen molar-refractivity contribution in [2.45, 2.75) is 143 Å². The number of hydrogen-bond donors (Lipinski definition) is 2. The van der Waals surface area contributed by atoms with Crippen molar-refractivity contribution < 1.29 is 14.3 Å². The maximum atomic E-state index is 13.0. The summed E-state index contributed by atoms with van der Waals surface area (Å²) >= 11 is 0. The minimum absolute atomic E-state index is 0.0504. The van der Waals surface area contributed by atoms with Gasteiger partial charge in [0.15, 0.2) is 5.78 Å². The second-order valence-electron chi connectivity index (χ2n) is 11.5. The third-order valence-electron chi connectivity index (χ3n) is 6.94. The predicted octanol–water partition coefficient (Wildman–Crippen LogP) is 14.0. The highest BCUT2D eigenvalue weighted by Gasteiger charge is 2.06. The summed E-state index contributed by atoms with van der Waals surface area (Å²) in [5.74, 6) is 0.237. The van der Waals surface area contributed by atoms with E-state index in [-0.39, 0.29) is 11.6 Å². The van der Waals surface area contributed by atoms with E-state index >= 15 is 0 Å². The summed E-state index contributed by atoms with van der Waals surface area (Å²) in [5.41, 5.74) is 10.0. The first-order valence-electron chi connectivity index (χ1n) is 18.2. The SMILES string of the molecule is C=C(C)/C=C\C=C(C)C.CC.CC.CC(=O)/C(C)=C(/C)c1ccc(F)c(C)c1.CCCC.CCc1ccc(C)c(O)c1.CCc1nc[nH]c1C. The van der Waals surface area contributed by atoms with Gasteiger partial charge in [0.2, 0.25) is 0 Å². The first kappa shape index (κ1) is 52.8. The monoisotopic (exact) mass is 693 g/mol. The van der Waals surface area contributed by atoms with E-state index in [0.29, 0.717) is 11.3 Å². The Balaban J connectivity index is -0.000000269. The number of Topliss-reactive ketones (excluding diaryl/α,β-unsaturated/α-hetero) is 1. The second kappa shape index (κ2) is 33.5. The lowest BCUT2D eigenvalue weighted by atomic mass is 9.99. The van der Waals surface area contributed by atoms with Crippen molar-refractivity contribution in [1.82, 2.24) is 9.97 Å². The molecule has 5 heteroatoms. The number of carbonyl (C=O) groups excluding carboxylic acids is 1. The van der Waals surface area contributed by atoms with Crippen LogP contribution in [0.4, 0.5) is 4.39 Å². The molecule has 0 saturated heterocycles. The van der Waals surface area contributed by atoms with Gasteiger partial charge in [0, 0.05) is 5.69 Å². The van der Waals surface area contributed by atoms with Crippen LogP contribution in [0.1, 0.15) is 143 Å². The molecule has 2 aromatic carbocycles. The Kier molecular flexibility index (Phi) is 35.4. The molecule has 0 bridgehead atoms. The second-order valence-corrected chi connectivity index (χ2v) is 11.5. The third kappa shape index (κ3) is 26.9. The number of ketones is 1. The zero-order chi connectivity index (χ0) is 39.8. The number of aromatic nitrogens is 2. The lowest BCUT2D eigenvalue weighted by molar-refractivity contribution is -0.113. The van der Waals surface area contributed by atoms with E-state index in [1.165, 1.54) is 48.4 Å². The lowest BCUT2D eigenvalue weighted by Crippen LogP contribution is -1.96. The van der Waals surface area contributed by atoms with Crippen molar-refractivity contribution in [2.24, 2.45) is 0 Å². The molecule has 0 aliphatic heterocycles. The normalized spacial score (nSPS) is 9.80. The fourth-order valence-electron chi connectivity index (χ4n) is 3.38. The van der Waals surface area contributed by atoms with E-state index in [9.17, 15) is 14.3 Å². The van der Waals surface area contributed by atoms with E-state index in [4.69, 9.17) is 0 Å². The summed E-state index contributed by atoms with van der Waals surface area (Å²) < 4.78 is 13.0. The molecular formula is C45H73FN2O2. The first-order chi connectivity index (χ1) is 23.5. The maximum absolute atomic E-state index is 13.0. The van der Waals surface area contributed by atoms with Gasteiger partial charge in [-0.05, 0) is 127 Å². The summed E-state index contributed by atoms with van der Waals surface area (Å²) in [5, 5.41) is 9.23. The van der Waals surface area contributed by atoms with Crippen LogP contribution in [0.2, 0.25) is 0 Å². The van der Waals surface area contributed by atoms with Crippen LogP contribution in [0.3, 0.4) is 0 Å². The zero-order valence-electron chi connectivity index (χ0n) is 35.0. The Morgan fingerprint density at radius 2 is 1.40 bits per heavy atom. The van der Waals surface area contributed by atoms with Gasteiger partial charge in [0.1, 0.15) is 11.6 Å². The van der Waals surface area contributed by atoms with Crippen molar-refractivity contribution in [2.75, 3.05) is 0 Å². The van der Waals surface area contributed by atoms with Gasteiger partial charge in [0.25, 0.3) is 0 Å². The van der Waals surface area contributed by atoms with Gasteiger partial charge < -0.3 is 10.1 Å². The van der Waals surface area contributed by atoms with Crippen LogP contribution in [-0.4, -0.2) is 20.9 Å². The van der Waals surface area contributed by atoms with Crippen LogP contribution in [0.15, 0.2) is 84.3 Å². The predicted molar refractivity (Wildman–Crippen MR) is 222 cm³/mol. The Labute approximate surface area is 307 Å². The summed E-state index contributed by atoms with van der Waals surface area (Å²) in [7, 11) is 0. The average molecular weight is 693 g/mol. The molecule has 50 heavy (non-hydrogen) atoms. The van der Waals surface area contributed by atoms with Crippen molar-refractivity contribution in [1.29, 1.82) is 0 Å². The number of phenols is 1. The third-order valence-corrected chi connectivity index (χ3v) is 6.94. The van der Waals surface area contributed by atoms with E-state index in [1.807, 2.05) is 85.7 Å². The maximum Gasteiger partial charge on any atom is 0.155 e.